The molecule has 0 aliphatic carbocycles. The predicted octanol–water partition coefficient (Wildman–Crippen LogP) is 9.10. The first kappa shape index (κ1) is 26.8. The van der Waals surface area contributed by atoms with E-state index < -0.39 is 0 Å². The molecule has 0 saturated heterocycles. The van der Waals surface area contributed by atoms with Crippen molar-refractivity contribution in [3.8, 4) is 17.3 Å². The van der Waals surface area contributed by atoms with Crippen LogP contribution in [-0.2, 0) is 6.61 Å². The summed E-state index contributed by atoms with van der Waals surface area (Å²) in [5.74, 6) is 1.18. The summed E-state index contributed by atoms with van der Waals surface area (Å²) >= 11 is 19.4. The van der Waals surface area contributed by atoms with Gasteiger partial charge in [0.15, 0.2) is 5.76 Å². The highest BCUT2D eigenvalue weighted by Crippen LogP contribution is 2.33. The van der Waals surface area contributed by atoms with Gasteiger partial charge in [-0.2, -0.15) is 9.78 Å². The summed E-state index contributed by atoms with van der Waals surface area (Å²) < 4.78 is 15.0. The van der Waals surface area contributed by atoms with Gasteiger partial charge in [0.1, 0.15) is 17.9 Å². The molecule has 0 unspecified atom stereocenters. The minimum Gasteiger partial charge on any atom is -0.487 e. The molecule has 6 rings (SSSR count). The van der Waals surface area contributed by atoms with Gasteiger partial charge in [0.05, 0.1) is 21.6 Å². The van der Waals surface area contributed by atoms with E-state index in [-0.39, 0.29) is 18.0 Å². The average Bonchev–Trinajstić information content (AvgIpc) is 3.36. The number of halogens is 4. The highest BCUT2D eigenvalue weighted by Gasteiger charge is 2.17. The lowest BCUT2D eigenvalue weighted by Gasteiger charge is -2.12. The molecule has 0 aliphatic rings. The summed E-state index contributed by atoms with van der Waals surface area (Å²) in [5, 5.41) is 6.97. The highest BCUT2D eigenvalue weighted by molar-refractivity contribution is 9.10. The lowest BCUT2D eigenvalue weighted by Crippen LogP contribution is -2.20. The minimum atomic E-state index is -0.344. The van der Waals surface area contributed by atoms with Gasteiger partial charge < -0.3 is 9.15 Å². The molecule has 0 spiro atoms. The number of fused-ring (bicyclic) bond motifs is 2. The van der Waals surface area contributed by atoms with E-state index in [2.05, 4.69) is 37.0 Å². The summed E-state index contributed by atoms with van der Waals surface area (Å²) in [6.07, 6.45) is 1.52. The average molecular weight is 698 g/mol. The molecule has 2 aromatic heterocycles. The van der Waals surface area contributed by atoms with Crippen molar-refractivity contribution < 1.29 is 9.15 Å². The van der Waals surface area contributed by atoms with Crippen molar-refractivity contribution in [2.45, 2.75) is 6.61 Å². The molecule has 6 aromatic rings. The minimum absolute atomic E-state index is 0.261. The Morgan fingerprint density at radius 2 is 1.75 bits per heavy atom. The van der Waals surface area contributed by atoms with Crippen molar-refractivity contribution in [1.29, 1.82) is 0 Å². The van der Waals surface area contributed by atoms with Crippen molar-refractivity contribution >= 4 is 83.1 Å². The van der Waals surface area contributed by atoms with E-state index in [1.807, 2.05) is 42.5 Å². The molecule has 6 nitrogen and oxygen atoms in total. The molecule has 0 amide bonds. The fourth-order valence-electron chi connectivity index (χ4n) is 4.20. The number of aromatic nitrogens is 2. The lowest BCUT2D eigenvalue weighted by atomic mass is 10.2. The predicted molar refractivity (Wildman–Crippen MR) is 167 cm³/mol. The second kappa shape index (κ2) is 11.2. The summed E-state index contributed by atoms with van der Waals surface area (Å²) in [4.78, 5) is 18.4. The molecule has 4 aromatic carbocycles. The second-order valence-electron chi connectivity index (χ2n) is 8.83. The first-order chi connectivity index (χ1) is 19.4. The van der Waals surface area contributed by atoms with E-state index in [0.717, 1.165) is 15.4 Å². The van der Waals surface area contributed by atoms with E-state index in [1.165, 1.54) is 10.9 Å². The third kappa shape index (κ3) is 5.45. The van der Waals surface area contributed by atoms with Crippen molar-refractivity contribution in [1.82, 2.24) is 9.66 Å². The van der Waals surface area contributed by atoms with Crippen LogP contribution in [0.15, 0.2) is 108 Å². The maximum absolute atomic E-state index is 13.7. The highest BCUT2D eigenvalue weighted by atomic mass is 79.9. The van der Waals surface area contributed by atoms with Crippen molar-refractivity contribution in [2.75, 3.05) is 0 Å². The second-order valence-corrected chi connectivity index (χ2v) is 11.5. The number of hydrogen-bond donors (Lipinski definition) is 0. The van der Waals surface area contributed by atoms with Crippen LogP contribution in [0.1, 0.15) is 11.1 Å². The zero-order chi connectivity index (χ0) is 27.8. The molecule has 0 fully saturated rings. The molecule has 0 atom stereocenters. The fourth-order valence-corrected chi connectivity index (χ4v) is 5.65. The van der Waals surface area contributed by atoms with Gasteiger partial charge in [-0.1, -0.05) is 63.4 Å². The maximum atomic E-state index is 13.7. The smallest absolute Gasteiger partial charge is 0.282 e. The topological polar surface area (TPSA) is 69.6 Å². The van der Waals surface area contributed by atoms with Gasteiger partial charge in [0.2, 0.25) is 5.82 Å². The van der Waals surface area contributed by atoms with Gasteiger partial charge in [0.25, 0.3) is 5.56 Å². The van der Waals surface area contributed by atoms with Gasteiger partial charge in [-0.15, -0.1) is 0 Å². The Morgan fingerprint density at radius 1 is 0.950 bits per heavy atom. The van der Waals surface area contributed by atoms with Crippen LogP contribution in [0.2, 0.25) is 10.0 Å². The molecule has 0 N–H and O–H groups in total. The monoisotopic (exact) mass is 695 g/mol. The van der Waals surface area contributed by atoms with Gasteiger partial charge in [-0.25, -0.2) is 4.98 Å². The quantitative estimate of drug-likeness (QED) is 0.163. The SMILES string of the molecule is O=c1c2ccccc2nc(-c2cc3cc(Br)ccc3o2)n1N=Cc1cc(Cl)cc(Br)c1OCc1ccc(Cl)cc1. The van der Waals surface area contributed by atoms with E-state index in [0.29, 0.717) is 48.1 Å². The molecule has 10 heteroatoms. The standard InChI is InChI=1S/C30H17Br2Cl2N3O3/c31-20-7-10-26-18(11-20)13-27(40-26)29-36-25-4-2-1-3-23(25)30(38)37(29)35-15-19-12-22(34)14-24(32)28(19)39-16-17-5-8-21(33)9-6-17/h1-15H,16H2. The number of rotatable bonds is 6. The summed E-state index contributed by atoms with van der Waals surface area (Å²) in [7, 11) is 0. The number of benzene rings is 4. The van der Waals surface area contributed by atoms with Crippen LogP contribution in [0.5, 0.6) is 5.75 Å². The number of furan rings is 1. The van der Waals surface area contributed by atoms with E-state index >= 15 is 0 Å². The van der Waals surface area contributed by atoms with Crippen LogP contribution in [0.3, 0.4) is 0 Å². The Kier molecular flexibility index (Phi) is 7.51. The van der Waals surface area contributed by atoms with Crippen LogP contribution < -0.4 is 10.3 Å². The normalized spacial score (nSPS) is 11.6. The van der Waals surface area contributed by atoms with Gasteiger partial charge in [-0.05, 0) is 82.2 Å². The number of ether oxygens (including phenoxy) is 1. The Balaban J connectivity index is 1.46. The summed E-state index contributed by atoms with van der Waals surface area (Å²) in [6, 6.07) is 25.4. The van der Waals surface area contributed by atoms with Crippen LogP contribution in [0.4, 0.5) is 0 Å². The summed E-state index contributed by atoms with van der Waals surface area (Å²) in [5.41, 5.74) is 2.35. The number of para-hydroxylation sites is 1. The number of hydrogen-bond acceptors (Lipinski definition) is 5. The zero-order valence-electron chi connectivity index (χ0n) is 20.4. The Labute approximate surface area is 255 Å². The summed E-state index contributed by atoms with van der Waals surface area (Å²) in [6.45, 7) is 0.287. The number of nitrogens with zero attached hydrogens (tertiary/aromatic N) is 3. The van der Waals surface area contributed by atoms with E-state index in [9.17, 15) is 4.79 Å². The molecule has 198 valence electrons. The van der Waals surface area contributed by atoms with E-state index in [1.54, 1.807) is 42.5 Å². The van der Waals surface area contributed by atoms with Crippen molar-refractivity contribution in [2.24, 2.45) is 5.10 Å². The molecule has 40 heavy (non-hydrogen) atoms. The van der Waals surface area contributed by atoms with Crippen molar-refractivity contribution in [3.63, 3.8) is 0 Å². The van der Waals surface area contributed by atoms with E-state index in [4.69, 9.17) is 37.3 Å². The maximum Gasteiger partial charge on any atom is 0.282 e. The van der Waals surface area contributed by atoms with Crippen LogP contribution in [-0.4, -0.2) is 15.9 Å². The third-order valence-corrected chi connectivity index (χ3v) is 7.65. The molecular formula is C30H17Br2Cl2N3O3. The molecule has 0 saturated carbocycles. The van der Waals surface area contributed by atoms with Crippen molar-refractivity contribution in [3.05, 3.63) is 125 Å². The molecule has 0 aliphatic heterocycles. The fraction of sp³-hybridized carbons (Fsp3) is 0.0333. The first-order valence-electron chi connectivity index (χ1n) is 12.0. The van der Waals surface area contributed by atoms with Gasteiger partial charge in [0, 0.05) is 25.5 Å². The van der Waals surface area contributed by atoms with Crippen LogP contribution in [0.25, 0.3) is 33.5 Å². The first-order valence-corrected chi connectivity index (χ1v) is 14.3. The lowest BCUT2D eigenvalue weighted by molar-refractivity contribution is 0.304. The van der Waals surface area contributed by atoms with Gasteiger partial charge >= 0.3 is 0 Å². The zero-order valence-corrected chi connectivity index (χ0v) is 25.1. The Bertz CT molecular complexity index is 1990. The third-order valence-electron chi connectivity index (χ3n) is 6.10. The molecule has 0 bridgehead atoms. The largest absolute Gasteiger partial charge is 0.487 e. The Hall–Kier alpha value is -3.43. The van der Waals surface area contributed by atoms with Gasteiger partial charge in [-0.3, -0.25) is 4.79 Å². The van der Waals surface area contributed by atoms with Crippen LogP contribution >= 0.6 is 55.1 Å². The van der Waals surface area contributed by atoms with Crippen LogP contribution in [0, 0.1) is 0 Å². The Morgan fingerprint density at radius 3 is 2.58 bits per heavy atom. The molecule has 2 heterocycles. The molecule has 0 radical (unpaired) electrons. The molecular weight excluding hydrogens is 681 g/mol.